The van der Waals surface area contributed by atoms with Gasteiger partial charge in [-0.25, -0.2) is 5.84 Å². The summed E-state index contributed by atoms with van der Waals surface area (Å²) < 4.78 is 0. The molecular formula is C21H28N6O2S. The van der Waals surface area contributed by atoms with Gasteiger partial charge in [-0.15, -0.1) is 0 Å². The van der Waals surface area contributed by atoms with E-state index in [1.807, 2.05) is 45.9 Å². The summed E-state index contributed by atoms with van der Waals surface area (Å²) in [6.07, 6.45) is 0. The third-order valence-electron chi connectivity index (χ3n) is 4.36. The van der Waals surface area contributed by atoms with Gasteiger partial charge in [0.05, 0.1) is 11.4 Å². The number of nitrogens with one attached hydrogen (secondary N) is 2. The Hall–Kier alpha value is -3.04. The number of carbonyl (C=O) groups is 2. The molecule has 0 atom stereocenters. The second-order valence-corrected chi connectivity index (χ2v) is 8.02. The van der Waals surface area contributed by atoms with Crippen molar-refractivity contribution in [2.45, 2.75) is 34.6 Å². The molecule has 0 aliphatic heterocycles. The molecule has 2 aromatic rings. The molecule has 0 fully saturated rings. The van der Waals surface area contributed by atoms with Gasteiger partial charge in [0.15, 0.2) is 0 Å². The smallest absolute Gasteiger partial charge is 0.234 e. The molecule has 2 amide bonds. The number of hydrazine groups is 1. The molecule has 2 rings (SSSR count). The molecule has 0 aliphatic carbocycles. The molecule has 0 unspecified atom stereocenters. The monoisotopic (exact) mass is 428 g/mol. The Morgan fingerprint density at radius 1 is 1.03 bits per heavy atom. The van der Waals surface area contributed by atoms with E-state index in [-0.39, 0.29) is 17.6 Å². The average molecular weight is 429 g/mol. The van der Waals surface area contributed by atoms with Crippen molar-refractivity contribution in [2.24, 2.45) is 16.8 Å². The maximum absolute atomic E-state index is 12.5. The fraction of sp³-hybridized carbons (Fsp3) is 0.286. The van der Waals surface area contributed by atoms with Gasteiger partial charge in [-0.2, -0.15) is 5.10 Å². The zero-order chi connectivity index (χ0) is 22.4. The Morgan fingerprint density at radius 3 is 2.23 bits per heavy atom. The van der Waals surface area contributed by atoms with E-state index in [1.54, 1.807) is 12.1 Å². The summed E-state index contributed by atoms with van der Waals surface area (Å²) in [5, 5.41) is 11.0. The van der Waals surface area contributed by atoms with Gasteiger partial charge in [-0.1, -0.05) is 35.5 Å². The molecule has 8 nitrogen and oxygen atoms in total. The molecule has 160 valence electrons. The molecule has 0 bridgehead atoms. The van der Waals surface area contributed by atoms with E-state index >= 15 is 0 Å². The summed E-state index contributed by atoms with van der Waals surface area (Å²) in [4.78, 5) is 23.7. The number of hydrazone groups is 1. The minimum atomic E-state index is -0.241. The van der Waals surface area contributed by atoms with Gasteiger partial charge in [0.2, 0.25) is 17.0 Å². The van der Waals surface area contributed by atoms with Crippen molar-refractivity contribution >= 4 is 45.8 Å². The van der Waals surface area contributed by atoms with Crippen LogP contribution < -0.4 is 27.3 Å². The number of anilines is 3. The van der Waals surface area contributed by atoms with Crippen molar-refractivity contribution in [3.8, 4) is 0 Å². The second kappa shape index (κ2) is 10.1. The molecule has 9 heteroatoms. The first-order valence-electron chi connectivity index (χ1n) is 9.33. The first-order valence-corrected chi connectivity index (χ1v) is 10.3. The number of aryl methyl sites for hydroxylation is 4. The predicted octanol–water partition coefficient (Wildman–Crippen LogP) is 3.16. The molecule has 0 heterocycles. The van der Waals surface area contributed by atoms with Crippen molar-refractivity contribution < 1.29 is 9.59 Å². The lowest BCUT2D eigenvalue weighted by molar-refractivity contribution is -0.114. The SMILES string of the molecule is CC(=O)Nc1ccc(C)c(NC(=O)CS/C(=N/N)N(N)c2c(C)cc(C)cc2C)c1. The van der Waals surface area contributed by atoms with Crippen LogP contribution in [0.3, 0.4) is 0 Å². The van der Waals surface area contributed by atoms with Gasteiger partial charge in [-0.05, 0) is 56.5 Å². The molecule has 2 aromatic carbocycles. The Kier molecular flexibility index (Phi) is 7.85. The van der Waals surface area contributed by atoms with Crippen LogP contribution in [0, 0.1) is 27.7 Å². The van der Waals surface area contributed by atoms with E-state index in [0.717, 1.165) is 39.7 Å². The van der Waals surface area contributed by atoms with Crippen LogP contribution in [0.15, 0.2) is 35.4 Å². The Bertz CT molecular complexity index is 966. The zero-order valence-electron chi connectivity index (χ0n) is 17.9. The number of nitrogens with zero attached hydrogens (tertiary/aromatic N) is 2. The van der Waals surface area contributed by atoms with E-state index in [9.17, 15) is 9.59 Å². The van der Waals surface area contributed by atoms with Crippen molar-refractivity contribution in [1.29, 1.82) is 0 Å². The first-order chi connectivity index (χ1) is 14.1. The fourth-order valence-corrected chi connectivity index (χ4v) is 3.81. The fourth-order valence-electron chi connectivity index (χ4n) is 3.17. The van der Waals surface area contributed by atoms with Crippen molar-refractivity contribution in [1.82, 2.24) is 0 Å². The van der Waals surface area contributed by atoms with Crippen LogP contribution in [-0.4, -0.2) is 22.7 Å². The van der Waals surface area contributed by atoms with E-state index in [1.165, 1.54) is 11.9 Å². The van der Waals surface area contributed by atoms with Gasteiger partial charge in [0.25, 0.3) is 0 Å². The van der Waals surface area contributed by atoms with E-state index < -0.39 is 0 Å². The number of carbonyl (C=O) groups excluding carboxylic acids is 2. The van der Waals surface area contributed by atoms with Gasteiger partial charge in [-0.3, -0.25) is 14.6 Å². The van der Waals surface area contributed by atoms with Crippen molar-refractivity contribution in [2.75, 3.05) is 21.4 Å². The molecule has 0 saturated heterocycles. The largest absolute Gasteiger partial charge is 0.326 e. The van der Waals surface area contributed by atoms with Gasteiger partial charge >= 0.3 is 0 Å². The standard InChI is InChI=1S/C21H28N6O2S/c1-12-8-14(3)20(15(4)9-12)27(23)21(26-22)30-11-19(29)25-18-10-17(24-16(5)28)7-6-13(18)2/h6-10H,11,22-23H2,1-5H3,(H,24,28)(H,25,29)/b26-21+. The van der Waals surface area contributed by atoms with Crippen LogP contribution >= 0.6 is 11.8 Å². The van der Waals surface area contributed by atoms with Gasteiger partial charge < -0.3 is 16.5 Å². The van der Waals surface area contributed by atoms with Gasteiger partial charge in [0, 0.05) is 18.3 Å². The summed E-state index contributed by atoms with van der Waals surface area (Å²) in [7, 11) is 0. The molecule has 6 N–H and O–H groups in total. The Morgan fingerprint density at radius 2 is 1.67 bits per heavy atom. The third-order valence-corrected chi connectivity index (χ3v) is 5.32. The van der Waals surface area contributed by atoms with Crippen molar-refractivity contribution in [3.05, 3.63) is 52.6 Å². The molecule has 0 spiro atoms. The number of thioether (sulfide) groups is 1. The lowest BCUT2D eigenvalue weighted by Gasteiger charge is -2.23. The second-order valence-electron chi connectivity index (χ2n) is 7.08. The van der Waals surface area contributed by atoms with Gasteiger partial charge in [0.1, 0.15) is 0 Å². The number of amidine groups is 1. The number of rotatable bonds is 5. The normalized spacial score (nSPS) is 11.2. The number of benzene rings is 2. The van der Waals surface area contributed by atoms with Crippen LogP contribution in [0.4, 0.5) is 17.1 Å². The van der Waals surface area contributed by atoms with Crippen LogP contribution in [0.1, 0.15) is 29.2 Å². The average Bonchev–Trinajstić information content (AvgIpc) is 2.63. The highest BCUT2D eigenvalue weighted by Gasteiger charge is 2.17. The molecule has 0 aliphatic rings. The summed E-state index contributed by atoms with van der Waals surface area (Å²) in [5.74, 6) is 11.5. The Balaban J connectivity index is 2.07. The predicted molar refractivity (Wildman–Crippen MR) is 126 cm³/mol. The number of hydrogen-bond donors (Lipinski definition) is 4. The zero-order valence-corrected chi connectivity index (χ0v) is 18.7. The van der Waals surface area contributed by atoms with E-state index in [4.69, 9.17) is 11.7 Å². The third kappa shape index (κ3) is 5.98. The maximum Gasteiger partial charge on any atom is 0.234 e. The van der Waals surface area contributed by atoms with Crippen molar-refractivity contribution in [3.63, 3.8) is 0 Å². The summed E-state index contributed by atoms with van der Waals surface area (Å²) in [6, 6.07) is 9.37. The summed E-state index contributed by atoms with van der Waals surface area (Å²) in [5.41, 5.74) is 6.03. The minimum Gasteiger partial charge on any atom is -0.326 e. The molecule has 0 saturated carbocycles. The van der Waals surface area contributed by atoms with Crippen LogP contribution in [0.2, 0.25) is 0 Å². The minimum absolute atomic E-state index is 0.0670. The van der Waals surface area contributed by atoms with E-state index in [2.05, 4.69) is 15.7 Å². The maximum atomic E-state index is 12.5. The lowest BCUT2D eigenvalue weighted by atomic mass is 10.1. The number of nitrogens with two attached hydrogens (primary N) is 2. The first kappa shape index (κ1) is 23.2. The highest BCUT2D eigenvalue weighted by atomic mass is 32.2. The Labute approximate surface area is 181 Å². The van der Waals surface area contributed by atoms with E-state index in [0.29, 0.717) is 16.5 Å². The highest BCUT2D eigenvalue weighted by molar-refractivity contribution is 8.14. The molecule has 0 radical (unpaired) electrons. The highest BCUT2D eigenvalue weighted by Crippen LogP contribution is 2.27. The molecule has 30 heavy (non-hydrogen) atoms. The summed E-state index contributed by atoms with van der Waals surface area (Å²) in [6.45, 7) is 9.25. The number of amides is 2. The quantitative estimate of drug-likeness (QED) is 0.251. The number of hydrogen-bond acceptors (Lipinski definition) is 6. The van der Waals surface area contributed by atoms with Crippen LogP contribution in [0.5, 0.6) is 0 Å². The summed E-state index contributed by atoms with van der Waals surface area (Å²) >= 11 is 1.14. The molecule has 0 aromatic heterocycles. The van der Waals surface area contributed by atoms with Crippen LogP contribution in [-0.2, 0) is 9.59 Å². The molecular weight excluding hydrogens is 400 g/mol. The topological polar surface area (TPSA) is 126 Å². The van der Waals surface area contributed by atoms with Crippen LogP contribution in [0.25, 0.3) is 0 Å². The lowest BCUT2D eigenvalue weighted by Crippen LogP contribution is -2.38.